The average Bonchev–Trinajstić information content (AvgIpc) is 3.20. The highest BCUT2D eigenvalue weighted by atomic mass is 32.1. The number of thiophene rings is 1. The molecule has 5 rings (SSSR count). The van der Waals surface area contributed by atoms with Crippen LogP contribution < -0.4 is 4.74 Å². The SMILES string of the molecule is CCOP(=O)(COc1ccc(-c2c3ccccc3cc3sc4ccccc4c23)cc1)OCC. The molecule has 0 saturated carbocycles. The first kappa shape index (κ1) is 22.1. The van der Waals surface area contributed by atoms with Crippen LogP contribution in [0.5, 0.6) is 5.75 Å². The third-order valence-corrected chi connectivity index (χ3v) is 8.44. The molecule has 0 atom stereocenters. The van der Waals surface area contributed by atoms with E-state index >= 15 is 0 Å². The lowest BCUT2D eigenvalue weighted by atomic mass is 9.93. The summed E-state index contributed by atoms with van der Waals surface area (Å²) in [5.41, 5.74) is 2.34. The largest absolute Gasteiger partial charge is 0.481 e. The molecule has 0 spiro atoms. The van der Waals surface area contributed by atoms with E-state index in [0.29, 0.717) is 19.0 Å². The summed E-state index contributed by atoms with van der Waals surface area (Å²) in [6.07, 6.45) is -0.109. The van der Waals surface area contributed by atoms with Gasteiger partial charge in [0.15, 0.2) is 6.35 Å². The highest BCUT2D eigenvalue weighted by molar-refractivity contribution is 7.53. The number of ether oxygens (including phenoxy) is 1. The summed E-state index contributed by atoms with van der Waals surface area (Å²) >= 11 is 1.83. The molecule has 1 aromatic heterocycles. The Morgan fingerprint density at radius 1 is 0.788 bits per heavy atom. The molecule has 4 aromatic carbocycles. The van der Waals surface area contributed by atoms with Crippen molar-refractivity contribution >= 4 is 49.9 Å². The fraction of sp³-hybridized carbons (Fsp3) is 0.185. The van der Waals surface area contributed by atoms with Crippen molar-refractivity contribution in [1.29, 1.82) is 0 Å². The van der Waals surface area contributed by atoms with Gasteiger partial charge in [-0.3, -0.25) is 4.57 Å². The lowest BCUT2D eigenvalue weighted by molar-refractivity contribution is 0.197. The van der Waals surface area contributed by atoms with E-state index in [0.717, 1.165) is 5.56 Å². The highest BCUT2D eigenvalue weighted by Crippen LogP contribution is 2.48. The van der Waals surface area contributed by atoms with Crippen LogP contribution in [0.4, 0.5) is 0 Å². The van der Waals surface area contributed by atoms with E-state index in [1.807, 2.05) is 23.5 Å². The smallest absolute Gasteiger partial charge is 0.367 e. The maximum atomic E-state index is 12.7. The Labute approximate surface area is 197 Å². The Morgan fingerprint density at radius 2 is 1.45 bits per heavy atom. The van der Waals surface area contributed by atoms with Crippen molar-refractivity contribution in [2.45, 2.75) is 13.8 Å². The highest BCUT2D eigenvalue weighted by Gasteiger charge is 2.24. The molecule has 0 aliphatic heterocycles. The number of hydrogen-bond acceptors (Lipinski definition) is 5. The van der Waals surface area contributed by atoms with Crippen LogP contribution in [0.2, 0.25) is 0 Å². The second-order valence-electron chi connectivity index (χ2n) is 7.69. The number of rotatable bonds is 8. The summed E-state index contributed by atoms with van der Waals surface area (Å²) in [4.78, 5) is 0. The van der Waals surface area contributed by atoms with Crippen molar-refractivity contribution in [2.24, 2.45) is 0 Å². The van der Waals surface area contributed by atoms with Crippen molar-refractivity contribution in [2.75, 3.05) is 19.6 Å². The van der Waals surface area contributed by atoms with Gasteiger partial charge in [0.2, 0.25) is 0 Å². The quantitative estimate of drug-likeness (QED) is 0.211. The number of fused-ring (bicyclic) bond motifs is 4. The van der Waals surface area contributed by atoms with Crippen LogP contribution in [0.3, 0.4) is 0 Å². The van der Waals surface area contributed by atoms with Crippen LogP contribution in [-0.4, -0.2) is 19.6 Å². The van der Waals surface area contributed by atoms with Gasteiger partial charge < -0.3 is 13.8 Å². The van der Waals surface area contributed by atoms with Gasteiger partial charge in [-0.25, -0.2) is 0 Å². The first-order valence-electron chi connectivity index (χ1n) is 11.1. The predicted octanol–water partition coefficient (Wildman–Crippen LogP) is 8.48. The van der Waals surface area contributed by atoms with Gasteiger partial charge in [0.1, 0.15) is 5.75 Å². The van der Waals surface area contributed by atoms with Crippen LogP contribution in [0.1, 0.15) is 13.8 Å². The van der Waals surface area contributed by atoms with E-state index in [1.54, 1.807) is 13.8 Å². The zero-order chi connectivity index (χ0) is 22.8. The molecule has 0 N–H and O–H groups in total. The fourth-order valence-corrected chi connectivity index (χ4v) is 6.71. The molecule has 0 aliphatic rings. The third-order valence-electron chi connectivity index (χ3n) is 5.57. The van der Waals surface area contributed by atoms with Crippen LogP contribution in [-0.2, 0) is 13.6 Å². The van der Waals surface area contributed by atoms with Crippen molar-refractivity contribution in [3.05, 3.63) is 78.9 Å². The first-order chi connectivity index (χ1) is 16.1. The van der Waals surface area contributed by atoms with Gasteiger partial charge in [-0.05, 0) is 60.0 Å². The summed E-state index contributed by atoms with van der Waals surface area (Å²) in [5, 5.41) is 4.99. The van der Waals surface area contributed by atoms with Crippen molar-refractivity contribution in [1.82, 2.24) is 0 Å². The zero-order valence-corrected chi connectivity index (χ0v) is 20.3. The van der Waals surface area contributed by atoms with E-state index < -0.39 is 7.60 Å². The Bertz CT molecular complexity index is 1460. The van der Waals surface area contributed by atoms with Crippen molar-refractivity contribution in [3.63, 3.8) is 0 Å². The second-order valence-corrected chi connectivity index (χ2v) is 10.8. The first-order valence-corrected chi connectivity index (χ1v) is 13.6. The minimum atomic E-state index is -3.26. The molecule has 0 aliphatic carbocycles. The Morgan fingerprint density at radius 3 is 2.18 bits per heavy atom. The fourth-order valence-electron chi connectivity index (χ4n) is 4.23. The number of hydrogen-bond donors (Lipinski definition) is 0. The van der Waals surface area contributed by atoms with Crippen LogP contribution in [0, 0.1) is 0 Å². The summed E-state index contributed by atoms with van der Waals surface area (Å²) in [6, 6.07) is 27.3. The molecule has 0 bridgehead atoms. The van der Waals surface area contributed by atoms with Gasteiger partial charge in [0.05, 0.1) is 13.2 Å². The predicted molar refractivity (Wildman–Crippen MR) is 139 cm³/mol. The molecule has 1 heterocycles. The lowest BCUT2D eigenvalue weighted by Crippen LogP contribution is -2.05. The molecule has 0 radical (unpaired) electrons. The summed E-state index contributed by atoms with van der Waals surface area (Å²) in [7, 11) is -3.26. The third kappa shape index (κ3) is 4.30. The maximum Gasteiger partial charge on any atom is 0.367 e. The lowest BCUT2D eigenvalue weighted by Gasteiger charge is -2.17. The second kappa shape index (κ2) is 9.28. The van der Waals surface area contributed by atoms with E-state index in [1.165, 1.54) is 36.5 Å². The normalized spacial score (nSPS) is 12.1. The van der Waals surface area contributed by atoms with Gasteiger partial charge in [0.25, 0.3) is 0 Å². The maximum absolute atomic E-state index is 12.7. The minimum absolute atomic E-state index is 0.109. The molecule has 0 unspecified atom stereocenters. The topological polar surface area (TPSA) is 44.8 Å². The molecular formula is C27H25O4PS. The molecule has 5 aromatic rings. The summed E-state index contributed by atoms with van der Waals surface area (Å²) in [6.45, 7) is 4.20. The van der Waals surface area contributed by atoms with E-state index in [2.05, 4.69) is 66.7 Å². The van der Waals surface area contributed by atoms with Gasteiger partial charge >= 0.3 is 7.60 Å². The van der Waals surface area contributed by atoms with Crippen molar-refractivity contribution in [3.8, 4) is 16.9 Å². The molecular weight excluding hydrogens is 451 g/mol. The molecule has 168 valence electrons. The molecule has 0 amide bonds. The monoisotopic (exact) mass is 476 g/mol. The molecule has 0 fully saturated rings. The van der Waals surface area contributed by atoms with Gasteiger partial charge in [-0.2, -0.15) is 0 Å². The Kier molecular flexibility index (Phi) is 6.22. The van der Waals surface area contributed by atoms with E-state index in [-0.39, 0.29) is 6.35 Å². The standard InChI is InChI=1S/C27H25O4PS/c1-3-30-32(28,31-4-2)18-29-21-15-13-19(14-16-21)26-22-10-6-5-9-20(22)17-25-27(26)23-11-7-8-12-24(23)33-25/h5-17H,3-4,18H2,1-2H3. The van der Waals surface area contributed by atoms with Gasteiger partial charge in [-0.1, -0.05) is 54.6 Å². The van der Waals surface area contributed by atoms with E-state index in [9.17, 15) is 4.57 Å². The Hall–Kier alpha value is -2.69. The average molecular weight is 477 g/mol. The van der Waals surface area contributed by atoms with Gasteiger partial charge in [0, 0.05) is 20.2 Å². The van der Waals surface area contributed by atoms with Crippen LogP contribution >= 0.6 is 18.9 Å². The van der Waals surface area contributed by atoms with Crippen molar-refractivity contribution < 1.29 is 18.3 Å². The van der Waals surface area contributed by atoms with Gasteiger partial charge in [-0.15, -0.1) is 11.3 Å². The van der Waals surface area contributed by atoms with Crippen LogP contribution in [0.15, 0.2) is 78.9 Å². The summed E-state index contributed by atoms with van der Waals surface area (Å²) < 4.78 is 31.7. The summed E-state index contributed by atoms with van der Waals surface area (Å²) in [5.74, 6) is 0.630. The molecule has 6 heteroatoms. The zero-order valence-electron chi connectivity index (χ0n) is 18.6. The molecule has 0 saturated heterocycles. The Balaban J connectivity index is 1.57. The molecule has 33 heavy (non-hydrogen) atoms. The molecule has 4 nitrogen and oxygen atoms in total. The van der Waals surface area contributed by atoms with E-state index in [4.69, 9.17) is 13.8 Å². The van der Waals surface area contributed by atoms with Crippen LogP contribution in [0.25, 0.3) is 42.1 Å². The number of benzene rings is 4. The minimum Gasteiger partial charge on any atom is -0.481 e.